The quantitative estimate of drug-likeness (QED) is 0.662. The Balaban J connectivity index is 2.05. The molecule has 0 aliphatic rings. The Morgan fingerprint density at radius 1 is 0.727 bits per heavy atom. The Kier molecular flexibility index (Phi) is 6.39. The first kappa shape index (κ1) is 16.5. The molecular formula is C21H26O. The standard InChI is InChI=1S/C21H26O/c1-3-19(15-17-11-7-5-8-12-17)21(22)20(4-2)16-18-13-9-6-10-14-18/h5-14,19-20H,3-4,15-16H2,1-2H3. The van der Waals surface area contributed by atoms with Crippen molar-refractivity contribution in [3.63, 3.8) is 0 Å². The molecule has 116 valence electrons. The third-order valence-electron chi connectivity index (χ3n) is 4.44. The third kappa shape index (κ3) is 4.56. The van der Waals surface area contributed by atoms with E-state index in [4.69, 9.17) is 0 Å². The van der Waals surface area contributed by atoms with Crippen molar-refractivity contribution in [3.8, 4) is 0 Å². The Bertz CT molecular complexity index is 507. The van der Waals surface area contributed by atoms with Crippen LogP contribution in [0.5, 0.6) is 0 Å². The maximum absolute atomic E-state index is 12.9. The highest BCUT2D eigenvalue weighted by Gasteiger charge is 2.24. The molecule has 0 saturated carbocycles. The Labute approximate surface area is 134 Å². The van der Waals surface area contributed by atoms with Gasteiger partial charge in [0.1, 0.15) is 5.78 Å². The average Bonchev–Trinajstić information content (AvgIpc) is 2.59. The van der Waals surface area contributed by atoms with Crippen LogP contribution in [-0.4, -0.2) is 5.78 Å². The number of Topliss-reactive ketones (excluding diaryl/α,β-unsaturated/α-hetero) is 1. The fourth-order valence-electron chi connectivity index (χ4n) is 3.02. The van der Waals surface area contributed by atoms with Crippen LogP contribution in [0.1, 0.15) is 37.8 Å². The van der Waals surface area contributed by atoms with Crippen LogP contribution in [0.15, 0.2) is 60.7 Å². The van der Waals surface area contributed by atoms with E-state index in [1.54, 1.807) is 0 Å². The van der Waals surface area contributed by atoms with Crippen LogP contribution in [0, 0.1) is 11.8 Å². The van der Waals surface area contributed by atoms with Gasteiger partial charge in [-0.15, -0.1) is 0 Å². The summed E-state index contributed by atoms with van der Waals surface area (Å²) in [5, 5.41) is 0. The summed E-state index contributed by atoms with van der Waals surface area (Å²) in [6.07, 6.45) is 3.56. The summed E-state index contributed by atoms with van der Waals surface area (Å²) < 4.78 is 0. The fraction of sp³-hybridized carbons (Fsp3) is 0.381. The van der Waals surface area contributed by atoms with E-state index in [1.807, 2.05) is 36.4 Å². The van der Waals surface area contributed by atoms with E-state index in [0.29, 0.717) is 5.78 Å². The zero-order valence-corrected chi connectivity index (χ0v) is 13.7. The molecule has 0 amide bonds. The molecule has 2 aromatic carbocycles. The maximum Gasteiger partial charge on any atom is 0.139 e. The van der Waals surface area contributed by atoms with E-state index < -0.39 is 0 Å². The van der Waals surface area contributed by atoms with Gasteiger partial charge < -0.3 is 0 Å². The zero-order chi connectivity index (χ0) is 15.8. The van der Waals surface area contributed by atoms with Crippen molar-refractivity contribution in [3.05, 3.63) is 71.8 Å². The fourth-order valence-corrected chi connectivity index (χ4v) is 3.02. The van der Waals surface area contributed by atoms with Gasteiger partial charge in [0.05, 0.1) is 0 Å². The molecule has 0 saturated heterocycles. The first-order valence-electron chi connectivity index (χ1n) is 8.36. The lowest BCUT2D eigenvalue weighted by molar-refractivity contribution is -0.127. The van der Waals surface area contributed by atoms with Crippen molar-refractivity contribution in [1.29, 1.82) is 0 Å². The number of rotatable bonds is 8. The molecule has 2 aromatic rings. The van der Waals surface area contributed by atoms with Crippen molar-refractivity contribution in [1.82, 2.24) is 0 Å². The van der Waals surface area contributed by atoms with E-state index in [-0.39, 0.29) is 11.8 Å². The average molecular weight is 294 g/mol. The van der Waals surface area contributed by atoms with Crippen LogP contribution in [0.2, 0.25) is 0 Å². The minimum Gasteiger partial charge on any atom is -0.299 e. The van der Waals surface area contributed by atoms with E-state index in [1.165, 1.54) is 11.1 Å². The molecule has 2 unspecified atom stereocenters. The van der Waals surface area contributed by atoms with Gasteiger partial charge in [0.15, 0.2) is 0 Å². The normalized spacial score (nSPS) is 13.5. The Morgan fingerprint density at radius 3 is 1.41 bits per heavy atom. The highest BCUT2D eigenvalue weighted by molar-refractivity contribution is 5.84. The predicted molar refractivity (Wildman–Crippen MR) is 92.9 cm³/mol. The SMILES string of the molecule is CCC(Cc1ccccc1)C(=O)C(CC)Cc1ccccc1. The van der Waals surface area contributed by atoms with Crippen LogP contribution in [0.4, 0.5) is 0 Å². The second-order valence-electron chi connectivity index (χ2n) is 5.99. The number of hydrogen-bond donors (Lipinski definition) is 0. The third-order valence-corrected chi connectivity index (χ3v) is 4.44. The predicted octanol–water partition coefficient (Wildman–Crippen LogP) is 5.09. The van der Waals surface area contributed by atoms with Gasteiger partial charge in [0.2, 0.25) is 0 Å². The highest BCUT2D eigenvalue weighted by atomic mass is 16.1. The van der Waals surface area contributed by atoms with E-state index >= 15 is 0 Å². The molecule has 0 radical (unpaired) electrons. The summed E-state index contributed by atoms with van der Waals surface area (Å²) in [7, 11) is 0. The van der Waals surface area contributed by atoms with Gasteiger partial charge in [0, 0.05) is 11.8 Å². The van der Waals surface area contributed by atoms with Gasteiger partial charge in [-0.1, -0.05) is 74.5 Å². The summed E-state index contributed by atoms with van der Waals surface area (Å²) in [5.41, 5.74) is 2.52. The smallest absolute Gasteiger partial charge is 0.139 e. The van der Waals surface area contributed by atoms with Gasteiger partial charge in [0.25, 0.3) is 0 Å². The number of carbonyl (C=O) groups is 1. The van der Waals surface area contributed by atoms with Crippen LogP contribution >= 0.6 is 0 Å². The van der Waals surface area contributed by atoms with Crippen molar-refractivity contribution in [2.24, 2.45) is 11.8 Å². The molecular weight excluding hydrogens is 268 g/mol. The number of ketones is 1. The van der Waals surface area contributed by atoms with E-state index in [0.717, 1.165) is 25.7 Å². The molecule has 0 N–H and O–H groups in total. The molecule has 1 nitrogen and oxygen atoms in total. The molecule has 0 fully saturated rings. The van der Waals surface area contributed by atoms with E-state index in [2.05, 4.69) is 38.1 Å². The Hall–Kier alpha value is -1.89. The largest absolute Gasteiger partial charge is 0.299 e. The Morgan fingerprint density at radius 2 is 1.09 bits per heavy atom. The molecule has 0 bridgehead atoms. The molecule has 2 rings (SSSR count). The summed E-state index contributed by atoms with van der Waals surface area (Å²) >= 11 is 0. The minimum atomic E-state index is 0.135. The van der Waals surface area contributed by atoms with Gasteiger partial charge in [-0.05, 0) is 36.8 Å². The minimum absolute atomic E-state index is 0.135. The van der Waals surface area contributed by atoms with Crippen molar-refractivity contribution >= 4 is 5.78 Å². The maximum atomic E-state index is 12.9. The molecule has 1 heteroatoms. The monoisotopic (exact) mass is 294 g/mol. The van der Waals surface area contributed by atoms with Gasteiger partial charge in [-0.3, -0.25) is 4.79 Å². The van der Waals surface area contributed by atoms with Crippen LogP contribution in [0.25, 0.3) is 0 Å². The summed E-state index contributed by atoms with van der Waals surface area (Å²) in [5.74, 6) is 0.699. The first-order chi connectivity index (χ1) is 10.7. The number of hydrogen-bond acceptors (Lipinski definition) is 1. The van der Waals surface area contributed by atoms with Crippen LogP contribution < -0.4 is 0 Å². The van der Waals surface area contributed by atoms with Crippen molar-refractivity contribution in [2.45, 2.75) is 39.5 Å². The van der Waals surface area contributed by atoms with Gasteiger partial charge in [-0.25, -0.2) is 0 Å². The van der Waals surface area contributed by atoms with Crippen molar-refractivity contribution in [2.75, 3.05) is 0 Å². The number of benzene rings is 2. The molecule has 22 heavy (non-hydrogen) atoms. The zero-order valence-electron chi connectivity index (χ0n) is 13.7. The topological polar surface area (TPSA) is 17.1 Å². The first-order valence-corrected chi connectivity index (χ1v) is 8.36. The summed E-state index contributed by atoms with van der Waals surface area (Å²) in [6, 6.07) is 20.7. The molecule has 0 aliphatic heterocycles. The van der Waals surface area contributed by atoms with Crippen LogP contribution in [0.3, 0.4) is 0 Å². The lowest BCUT2D eigenvalue weighted by Crippen LogP contribution is -2.26. The van der Waals surface area contributed by atoms with Crippen molar-refractivity contribution < 1.29 is 4.79 Å². The van der Waals surface area contributed by atoms with Crippen LogP contribution in [-0.2, 0) is 17.6 Å². The second-order valence-corrected chi connectivity index (χ2v) is 5.99. The summed E-state index contributed by atoms with van der Waals surface area (Å²) in [6.45, 7) is 4.25. The molecule has 0 spiro atoms. The molecule has 0 aliphatic carbocycles. The molecule has 0 heterocycles. The van der Waals surface area contributed by atoms with E-state index in [9.17, 15) is 4.79 Å². The lowest BCUT2D eigenvalue weighted by Gasteiger charge is -2.21. The summed E-state index contributed by atoms with van der Waals surface area (Å²) in [4.78, 5) is 12.9. The molecule has 2 atom stereocenters. The van der Waals surface area contributed by atoms with Gasteiger partial charge in [-0.2, -0.15) is 0 Å². The number of carbonyl (C=O) groups excluding carboxylic acids is 1. The van der Waals surface area contributed by atoms with Gasteiger partial charge >= 0.3 is 0 Å². The second kappa shape index (κ2) is 8.53. The molecule has 0 aromatic heterocycles. The lowest BCUT2D eigenvalue weighted by atomic mass is 9.82. The highest BCUT2D eigenvalue weighted by Crippen LogP contribution is 2.22.